The van der Waals surface area contributed by atoms with Crippen molar-refractivity contribution in [3.63, 3.8) is 0 Å². The van der Waals surface area contributed by atoms with Crippen LogP contribution in [0.25, 0.3) is 0 Å². The molecule has 30 N–H and O–H groups in total. The van der Waals surface area contributed by atoms with Crippen LogP contribution < -0.4 is 0 Å². The highest BCUT2D eigenvalue weighted by molar-refractivity contribution is 5.04. The Morgan fingerprint density at radius 2 is 0.300 bits per heavy atom. The molecule has 50 nitrogen and oxygen atoms in total. The summed E-state index contributed by atoms with van der Waals surface area (Å²) in [4.78, 5) is 0. The van der Waals surface area contributed by atoms with Crippen LogP contribution >= 0.6 is 0 Å². The van der Waals surface area contributed by atoms with Crippen molar-refractivity contribution in [2.45, 2.75) is 307 Å². The lowest BCUT2D eigenvalue weighted by Gasteiger charge is -2.51. The lowest BCUT2D eigenvalue weighted by atomic mass is 9.94. The first kappa shape index (κ1) is 88.8. The summed E-state index contributed by atoms with van der Waals surface area (Å²) in [6.07, 6.45) is -107. The van der Waals surface area contributed by atoms with Gasteiger partial charge in [0.1, 0.15) is 244 Å². The summed E-state index contributed by atoms with van der Waals surface area (Å²) in [6, 6.07) is 0. The van der Waals surface area contributed by atoms with Gasteiger partial charge in [0.25, 0.3) is 0 Å². The van der Waals surface area contributed by atoms with Crippen LogP contribution in [-0.4, -0.2) is 526 Å². The van der Waals surface area contributed by atoms with Gasteiger partial charge in [-0.3, -0.25) is 0 Å². The Balaban J connectivity index is 0.893. The quantitative estimate of drug-likeness (QED) is 0.0768. The summed E-state index contributed by atoms with van der Waals surface area (Å²) in [5.74, 6) is 0. The maximum absolute atomic E-state index is 11.9. The Hall–Kier alpha value is -2.00. The number of hydrogen-bond donors (Lipinski definition) is 30. The van der Waals surface area contributed by atoms with E-state index in [1.54, 1.807) is 0 Å². The molecule has 0 aliphatic carbocycles. The summed E-state index contributed by atoms with van der Waals surface area (Å²) in [6.45, 7) is -11.1. The minimum Gasteiger partial charge on any atom is -0.394 e. The van der Waals surface area contributed by atoms with Gasteiger partial charge in [0.05, 0.1) is 66.1 Å². The van der Waals surface area contributed by atoms with Crippen LogP contribution in [0.15, 0.2) is 0 Å². The summed E-state index contributed by atoms with van der Waals surface area (Å²) in [5, 5.41) is 335. The van der Waals surface area contributed by atoms with Crippen LogP contribution in [0.5, 0.6) is 0 Å². The van der Waals surface area contributed by atoms with Crippen LogP contribution in [0.2, 0.25) is 0 Å². The average molecular weight is 1620 g/mol. The predicted molar refractivity (Wildman–Crippen MR) is 326 cm³/mol. The highest BCUT2D eigenvalue weighted by Crippen LogP contribution is 2.41. The summed E-state index contributed by atoms with van der Waals surface area (Å²) in [5.41, 5.74) is 0. The van der Waals surface area contributed by atoms with Crippen molar-refractivity contribution in [1.29, 1.82) is 0 Å². The Morgan fingerprint density at radius 1 is 0.145 bits per heavy atom. The van der Waals surface area contributed by atoms with Crippen LogP contribution in [0.4, 0.5) is 0 Å². The lowest BCUT2D eigenvalue weighted by molar-refractivity contribution is -0.406. The van der Waals surface area contributed by atoms with Crippen LogP contribution in [-0.2, 0) is 94.7 Å². The van der Waals surface area contributed by atoms with Gasteiger partial charge in [0, 0.05) is 0 Å². The van der Waals surface area contributed by atoms with Crippen LogP contribution in [0.1, 0.15) is 0 Å². The standard InChI is InChI=1S/C60H100O50/c61-1-11-21(69)23(71)33(81)51(93-11)91-9-19-49-32(80)42(90)60(102-19)108-48-18(8-68)98-56(38(86)28(48)76)106-46-16(6-66)100-58(40(88)30(46)78)110-50-20(10-92-52-34(82)24(72)22(70)12(2-62)94-52)101-59(41(89)31(50)79)107-47-17(7-67)97-55(37(85)27(47)75)104-44-14(4-64)95-53(35(83)25(44)73)103-43-13(3-63)96-54(36(84)26(43)74)105-45-15(5-65)99-57(109-49)39(87)29(45)77/h11-90H,1-10H2/t11-,12-,13-,14-,15-,16-,17-,18-,19-,20-,21+,22+,23+,24+,25-,26-,27-,28-,29-,30-,31-,32-,33-,34-,35-,36-,37-,38-,39-,40-,41-,42-,43-,44-,45-,46-,47-,48-,49-,50-,51?,52?,53-,54-,55-,56-,57-,58-,59-,60-/m1/s1. The molecule has 32 aliphatic rings. The lowest BCUT2D eigenvalue weighted by Crippen LogP contribution is -2.69. The fourth-order valence-electron chi connectivity index (χ4n) is 14.7. The molecule has 32 saturated heterocycles. The molecule has 0 spiro atoms. The van der Waals surface area contributed by atoms with Crippen molar-refractivity contribution in [2.75, 3.05) is 66.1 Å². The van der Waals surface area contributed by atoms with Crippen molar-refractivity contribution in [2.24, 2.45) is 0 Å². The molecule has 0 aromatic rings. The normalized spacial score (nSPS) is 55.1. The SMILES string of the molecule is OC[C@H]1OC(OC[C@H]2O[C@@H]3O[C@H]4[C@H](O)[C@@H](O)[C@@H](O[C@H]5[C@H](O)[C@@H](O)[C@@H](O[C@H]6[C@H](O)[C@@H](O)[C@@H](O[C@H]7[C@H](O)[C@@H](O)[C@@H](O[C@H]8[C@H](O)[C@@H](O)[C@@H](O[C@H]9[C@H](O)[C@@H](O)[C@@H](O[C@H]%10[C@H](O)[C@@H](O)[C@@H](O[C@H]2[C@H](O)[C@H]3O)O[C@@H]%10CO)O[C@@H]9CO)O[C@@H]8CO)O[C@@H]7CO)O[C@@H]6COC2O[C@H](CO)[C@H](O)[C@H](O)[C@H]2O)O[C@@H]5CO)O[C@@H]4CO)[C@H](O)[C@@H](O)[C@H]1O. The summed E-state index contributed by atoms with van der Waals surface area (Å²) < 4.78 is 116. The molecule has 640 valence electrons. The number of hydrogen-bond acceptors (Lipinski definition) is 50. The van der Waals surface area contributed by atoms with E-state index < -0.39 is 373 Å². The number of rotatable bonds is 14. The van der Waals surface area contributed by atoms with Gasteiger partial charge in [0.15, 0.2) is 62.9 Å². The highest BCUT2D eigenvalue weighted by atomic mass is 16.8. The number of ether oxygens (including phenoxy) is 20. The van der Waals surface area contributed by atoms with E-state index in [1.165, 1.54) is 0 Å². The van der Waals surface area contributed by atoms with Crippen molar-refractivity contribution < 1.29 is 248 Å². The Kier molecular flexibility index (Phi) is 30.6. The third kappa shape index (κ3) is 17.8. The molecule has 110 heavy (non-hydrogen) atoms. The second-order valence-electron chi connectivity index (χ2n) is 28.2. The van der Waals surface area contributed by atoms with Gasteiger partial charge in [-0.2, -0.15) is 0 Å². The molecule has 32 aliphatic heterocycles. The maximum atomic E-state index is 11.9. The van der Waals surface area contributed by atoms with E-state index in [9.17, 15) is 153 Å². The molecule has 0 aromatic heterocycles. The molecule has 32 rings (SSSR count). The van der Waals surface area contributed by atoms with E-state index >= 15 is 0 Å². The van der Waals surface area contributed by atoms with Crippen LogP contribution in [0.3, 0.4) is 0 Å². The Morgan fingerprint density at radius 3 is 0.464 bits per heavy atom. The molecule has 0 aromatic carbocycles. The first-order chi connectivity index (χ1) is 52.3. The van der Waals surface area contributed by atoms with Crippen molar-refractivity contribution in [3.05, 3.63) is 0 Å². The van der Waals surface area contributed by atoms with E-state index in [0.717, 1.165) is 0 Å². The molecule has 50 atom stereocenters. The van der Waals surface area contributed by atoms with E-state index in [-0.39, 0.29) is 0 Å². The fraction of sp³-hybridized carbons (Fsp3) is 1.00. The minimum absolute atomic E-state index is 0.961. The third-order valence-electron chi connectivity index (χ3n) is 21.1. The first-order valence-electron chi connectivity index (χ1n) is 35.2. The van der Waals surface area contributed by atoms with E-state index in [4.69, 9.17) is 94.7 Å². The summed E-state index contributed by atoms with van der Waals surface area (Å²) >= 11 is 0. The van der Waals surface area contributed by atoms with Gasteiger partial charge in [0.2, 0.25) is 0 Å². The minimum atomic E-state index is -2.44. The van der Waals surface area contributed by atoms with Crippen LogP contribution in [0, 0.1) is 0 Å². The van der Waals surface area contributed by atoms with Gasteiger partial charge in [-0.25, -0.2) is 0 Å². The van der Waals surface area contributed by atoms with E-state index in [2.05, 4.69) is 0 Å². The molecule has 2 unspecified atom stereocenters. The van der Waals surface area contributed by atoms with Crippen molar-refractivity contribution in [3.8, 4) is 0 Å². The number of aliphatic hydroxyl groups excluding tert-OH is 30. The molecule has 0 amide bonds. The van der Waals surface area contributed by atoms with Gasteiger partial charge in [-0.1, -0.05) is 0 Å². The van der Waals surface area contributed by atoms with E-state index in [0.29, 0.717) is 0 Å². The van der Waals surface area contributed by atoms with E-state index in [1.807, 2.05) is 0 Å². The largest absolute Gasteiger partial charge is 0.394 e. The average Bonchev–Trinajstić information content (AvgIpc) is 0.764. The molecule has 0 radical (unpaired) electrons. The van der Waals surface area contributed by atoms with Gasteiger partial charge < -0.3 is 248 Å². The Bertz CT molecular complexity index is 2750. The molecule has 32 heterocycles. The van der Waals surface area contributed by atoms with Gasteiger partial charge >= 0.3 is 0 Å². The smallest absolute Gasteiger partial charge is 0.187 e. The molecule has 32 fully saturated rings. The zero-order chi connectivity index (χ0) is 80.1. The molecule has 0 saturated carbocycles. The van der Waals surface area contributed by atoms with Crippen molar-refractivity contribution in [1.82, 2.24) is 0 Å². The monoisotopic (exact) mass is 1620 g/mol. The fourth-order valence-corrected chi connectivity index (χ4v) is 14.7. The predicted octanol–water partition coefficient (Wildman–Crippen LogP) is -21.8. The van der Waals surface area contributed by atoms with Gasteiger partial charge in [-0.15, -0.1) is 0 Å². The zero-order valence-electron chi connectivity index (χ0n) is 57.5. The molecule has 50 heteroatoms. The topological polar surface area (TPSA) is 792 Å². The molecular formula is C60H100O50. The number of aliphatic hydroxyl groups is 30. The maximum Gasteiger partial charge on any atom is 0.187 e. The van der Waals surface area contributed by atoms with Crippen molar-refractivity contribution >= 4 is 0 Å². The molecule has 16 bridgehead atoms. The second-order valence-corrected chi connectivity index (χ2v) is 28.2. The Labute approximate surface area is 619 Å². The third-order valence-corrected chi connectivity index (χ3v) is 21.1. The highest BCUT2D eigenvalue weighted by Gasteiger charge is 2.62. The first-order valence-corrected chi connectivity index (χ1v) is 35.2. The van der Waals surface area contributed by atoms with Gasteiger partial charge in [-0.05, 0) is 0 Å². The summed E-state index contributed by atoms with van der Waals surface area (Å²) in [7, 11) is 0. The second kappa shape index (κ2) is 37.9. The molecular weight excluding hydrogens is 1520 g/mol. The zero-order valence-corrected chi connectivity index (χ0v) is 57.5.